The molecule has 0 atom stereocenters. The van der Waals surface area contributed by atoms with E-state index in [1.165, 1.54) is 96.1 Å². The molecule has 0 spiro atoms. The van der Waals surface area contributed by atoms with Crippen molar-refractivity contribution < 1.29 is 0 Å². The van der Waals surface area contributed by atoms with Gasteiger partial charge in [-0.1, -0.05) is 170 Å². The summed E-state index contributed by atoms with van der Waals surface area (Å²) in [7, 11) is -2.18. The van der Waals surface area contributed by atoms with Gasteiger partial charge in [-0.2, -0.15) is 0 Å². The predicted octanol–water partition coefficient (Wildman–Crippen LogP) is 18.0. The van der Waals surface area contributed by atoms with E-state index in [9.17, 15) is 0 Å². The van der Waals surface area contributed by atoms with Crippen molar-refractivity contribution in [3.05, 3.63) is 273 Å². The molecule has 0 unspecified atom stereocenters. The SMILES string of the molecule is c1ccc(-c2ccc(-n3c4ccccc4c4c(-n5c6ccccc6c6c(S(c7ccccc7)(c7ccccc7)c7cccc(-n8c9ccccc9c9ccccc98)c7)cccc65)cccc43)cc2)cc1. The van der Waals surface area contributed by atoms with Gasteiger partial charge in [0, 0.05) is 63.3 Å². The number of nitrogens with zero attached hydrogens (tertiary/aromatic N) is 3. The lowest BCUT2D eigenvalue weighted by Crippen LogP contribution is -2.07. The maximum atomic E-state index is 2.54. The van der Waals surface area contributed by atoms with Crippen LogP contribution in [0, 0.1) is 0 Å². The summed E-state index contributed by atoms with van der Waals surface area (Å²) in [6.45, 7) is 0. The van der Waals surface area contributed by atoms with Crippen LogP contribution in [0.3, 0.4) is 0 Å². The van der Waals surface area contributed by atoms with Crippen molar-refractivity contribution in [2.24, 2.45) is 0 Å². The number of fused-ring (bicyclic) bond motifs is 9. The zero-order chi connectivity index (χ0) is 46.2. The Morgan fingerprint density at radius 3 is 1.27 bits per heavy atom. The van der Waals surface area contributed by atoms with Crippen LogP contribution in [0.25, 0.3) is 93.6 Å². The van der Waals surface area contributed by atoms with Gasteiger partial charge in [0.05, 0.1) is 38.8 Å². The van der Waals surface area contributed by atoms with Crippen LogP contribution in [-0.4, -0.2) is 13.7 Å². The van der Waals surface area contributed by atoms with Gasteiger partial charge in [-0.25, -0.2) is 0 Å². The van der Waals surface area contributed by atoms with Crippen molar-refractivity contribution >= 4 is 75.4 Å². The quantitative estimate of drug-likeness (QED) is 0.144. The average molecular weight is 912 g/mol. The highest BCUT2D eigenvalue weighted by Crippen LogP contribution is 2.75. The molecule has 0 bridgehead atoms. The molecule has 4 heteroatoms. The Morgan fingerprint density at radius 1 is 0.243 bits per heavy atom. The van der Waals surface area contributed by atoms with Gasteiger partial charge in [0.25, 0.3) is 0 Å². The third-order valence-electron chi connectivity index (χ3n) is 14.3. The molecule has 11 aromatic carbocycles. The highest BCUT2D eigenvalue weighted by molar-refractivity contribution is 8.34. The van der Waals surface area contributed by atoms with Crippen molar-refractivity contribution in [3.8, 4) is 28.2 Å². The second-order valence-electron chi connectivity index (χ2n) is 18.0. The smallest absolute Gasteiger partial charge is 0.0562 e. The van der Waals surface area contributed by atoms with E-state index >= 15 is 0 Å². The van der Waals surface area contributed by atoms with Gasteiger partial charge in [-0.3, -0.25) is 0 Å². The third kappa shape index (κ3) is 5.97. The lowest BCUT2D eigenvalue weighted by Gasteiger charge is -2.42. The fourth-order valence-electron chi connectivity index (χ4n) is 11.5. The molecule has 3 heterocycles. The minimum atomic E-state index is -2.18. The van der Waals surface area contributed by atoms with Gasteiger partial charge in [0.1, 0.15) is 0 Å². The zero-order valence-electron chi connectivity index (χ0n) is 38.2. The van der Waals surface area contributed by atoms with E-state index < -0.39 is 10.0 Å². The molecule has 0 fully saturated rings. The molecule has 0 aliphatic heterocycles. The van der Waals surface area contributed by atoms with Crippen LogP contribution < -0.4 is 0 Å². The fourth-order valence-corrected chi connectivity index (χ4v) is 15.5. The van der Waals surface area contributed by atoms with Crippen LogP contribution in [0.1, 0.15) is 0 Å². The second kappa shape index (κ2) is 16.2. The van der Waals surface area contributed by atoms with E-state index in [-0.39, 0.29) is 0 Å². The zero-order valence-corrected chi connectivity index (χ0v) is 39.0. The largest absolute Gasteiger partial charge is 0.309 e. The monoisotopic (exact) mass is 911 g/mol. The maximum absolute atomic E-state index is 2.54. The van der Waals surface area contributed by atoms with Crippen molar-refractivity contribution in [1.82, 2.24) is 13.7 Å². The summed E-state index contributed by atoms with van der Waals surface area (Å²) in [5.41, 5.74) is 13.0. The molecule has 3 aromatic heterocycles. The fraction of sp³-hybridized carbons (Fsp3) is 0. The van der Waals surface area contributed by atoms with E-state index in [2.05, 4.69) is 287 Å². The molecule has 0 saturated heterocycles. The topological polar surface area (TPSA) is 14.8 Å². The molecular formula is C66H45N3S. The molecular weight excluding hydrogens is 867 g/mol. The van der Waals surface area contributed by atoms with Crippen LogP contribution >= 0.6 is 10.0 Å². The van der Waals surface area contributed by atoms with Crippen LogP contribution in [0.2, 0.25) is 0 Å². The van der Waals surface area contributed by atoms with Crippen molar-refractivity contribution in [2.75, 3.05) is 0 Å². The Balaban J connectivity index is 1.06. The molecule has 0 aliphatic rings. The second-order valence-corrected chi connectivity index (χ2v) is 21.1. The van der Waals surface area contributed by atoms with Crippen molar-refractivity contribution in [1.29, 1.82) is 0 Å². The normalized spacial score (nSPS) is 12.2. The van der Waals surface area contributed by atoms with E-state index in [1.54, 1.807) is 0 Å². The summed E-state index contributed by atoms with van der Waals surface area (Å²) in [4.78, 5) is 5.16. The molecule has 0 aliphatic carbocycles. The third-order valence-corrected chi connectivity index (χ3v) is 18.3. The first kappa shape index (κ1) is 40.3. The van der Waals surface area contributed by atoms with E-state index in [0.29, 0.717) is 0 Å². The molecule has 330 valence electrons. The van der Waals surface area contributed by atoms with Gasteiger partial charge in [0.15, 0.2) is 0 Å². The molecule has 70 heavy (non-hydrogen) atoms. The molecule has 3 nitrogen and oxygen atoms in total. The van der Waals surface area contributed by atoms with Crippen LogP contribution in [0.5, 0.6) is 0 Å². The number of aromatic nitrogens is 3. The minimum absolute atomic E-state index is 1.13. The minimum Gasteiger partial charge on any atom is -0.309 e. The maximum Gasteiger partial charge on any atom is 0.0562 e. The van der Waals surface area contributed by atoms with E-state index in [4.69, 9.17) is 0 Å². The molecule has 0 saturated carbocycles. The highest BCUT2D eigenvalue weighted by Gasteiger charge is 2.36. The predicted molar refractivity (Wildman–Crippen MR) is 295 cm³/mol. The average Bonchev–Trinajstić information content (AvgIpc) is 4.09. The Hall–Kier alpha value is -8.83. The standard InChI is InChI=1S/C66H45N3S/c1-4-21-46(22-5-1)47-41-43-48(44-42-47)67-59-35-16-12-31-55(59)65-61(67)37-19-38-62(65)69-60-36-17-13-32-56(60)66-63(69)39-20-40-64(66)70(50-24-6-2-7-25-50,51-26-8-3-9-27-51)52-28-18-23-49(45-52)68-57-33-14-10-29-53(57)54-30-11-15-34-58(54)68/h1-45H. The molecule has 14 rings (SSSR count). The highest BCUT2D eigenvalue weighted by atomic mass is 32.3. The van der Waals surface area contributed by atoms with Gasteiger partial charge in [-0.15, -0.1) is 10.0 Å². The summed E-state index contributed by atoms with van der Waals surface area (Å²) >= 11 is 0. The first-order valence-corrected chi connectivity index (χ1v) is 25.6. The van der Waals surface area contributed by atoms with Gasteiger partial charge < -0.3 is 13.7 Å². The molecule has 14 aromatic rings. The van der Waals surface area contributed by atoms with Crippen LogP contribution in [0.15, 0.2) is 293 Å². The Bertz CT molecular complexity index is 4180. The summed E-state index contributed by atoms with van der Waals surface area (Å²) < 4.78 is 7.43. The van der Waals surface area contributed by atoms with Gasteiger partial charge in [-0.05, 0) is 114 Å². The number of para-hydroxylation sites is 4. The van der Waals surface area contributed by atoms with E-state index in [1.807, 2.05) is 0 Å². The van der Waals surface area contributed by atoms with Gasteiger partial charge in [0.2, 0.25) is 0 Å². The Kier molecular flexibility index (Phi) is 9.29. The van der Waals surface area contributed by atoms with Crippen molar-refractivity contribution in [2.45, 2.75) is 19.6 Å². The van der Waals surface area contributed by atoms with Gasteiger partial charge >= 0.3 is 0 Å². The molecule has 0 N–H and O–H groups in total. The molecule has 0 radical (unpaired) electrons. The Morgan fingerprint density at radius 2 is 0.657 bits per heavy atom. The van der Waals surface area contributed by atoms with Crippen LogP contribution in [-0.2, 0) is 0 Å². The first-order chi connectivity index (χ1) is 34.8. The number of hydrogen-bond donors (Lipinski definition) is 0. The first-order valence-electron chi connectivity index (χ1n) is 24.0. The van der Waals surface area contributed by atoms with E-state index in [0.717, 1.165) is 17.1 Å². The number of rotatable bonds is 8. The van der Waals surface area contributed by atoms with Crippen molar-refractivity contribution in [3.63, 3.8) is 0 Å². The number of benzene rings is 11. The summed E-state index contributed by atoms with van der Waals surface area (Å²) in [6.07, 6.45) is 0. The summed E-state index contributed by atoms with van der Waals surface area (Å²) in [5, 5.41) is 7.45. The number of hydrogen-bond acceptors (Lipinski definition) is 0. The lowest BCUT2D eigenvalue weighted by molar-refractivity contribution is 1.15. The van der Waals surface area contributed by atoms with Crippen LogP contribution in [0.4, 0.5) is 0 Å². The molecule has 0 amide bonds. The lowest BCUT2D eigenvalue weighted by atomic mass is 10.1. The Labute approximate surface area is 407 Å². The summed E-state index contributed by atoms with van der Waals surface area (Å²) in [6, 6.07) is 101. The summed E-state index contributed by atoms with van der Waals surface area (Å²) in [5.74, 6) is 0.